The second kappa shape index (κ2) is 14.4. The molecule has 4 rings (SSSR count). The molecule has 2 amide bonds. The van der Waals surface area contributed by atoms with Gasteiger partial charge in [-0.25, -0.2) is 12.8 Å². The van der Waals surface area contributed by atoms with Crippen LogP contribution >= 0.6 is 15.9 Å². The highest BCUT2D eigenvalue weighted by atomic mass is 79.9. The van der Waals surface area contributed by atoms with E-state index < -0.39 is 40.2 Å². The van der Waals surface area contributed by atoms with E-state index >= 15 is 0 Å². The molecule has 0 aromatic heterocycles. The molecule has 0 saturated carbocycles. The Morgan fingerprint density at radius 2 is 1.51 bits per heavy atom. The van der Waals surface area contributed by atoms with E-state index in [0.717, 1.165) is 19.9 Å². The first kappa shape index (κ1) is 31.9. The fraction of sp³-hybridized carbons (Fsp3) is 0.212. The Kier molecular flexibility index (Phi) is 10.7. The van der Waals surface area contributed by atoms with Crippen molar-refractivity contribution in [2.24, 2.45) is 0 Å². The maximum Gasteiger partial charge on any atom is 0.264 e. The standard InChI is InChI=1S/C33H33BrFN3O4S/c1-3-36-33(40)31(21-25-9-5-4-6-10-25)37(22-26-11-7-8-12-30(26)35)32(39)23-38(28-17-15-27(34)16-18-28)43(41,42)29-19-13-24(2)14-20-29/h4-20,31H,3,21-23H2,1-2H3,(H,36,40). The molecule has 0 aliphatic carbocycles. The molecule has 0 aliphatic rings. The summed E-state index contributed by atoms with van der Waals surface area (Å²) in [4.78, 5) is 29.1. The highest BCUT2D eigenvalue weighted by molar-refractivity contribution is 9.10. The van der Waals surface area contributed by atoms with Gasteiger partial charge in [0.25, 0.3) is 10.0 Å². The van der Waals surface area contributed by atoms with Crippen LogP contribution in [0, 0.1) is 12.7 Å². The molecule has 0 aliphatic heterocycles. The van der Waals surface area contributed by atoms with Gasteiger partial charge in [0.2, 0.25) is 11.8 Å². The summed E-state index contributed by atoms with van der Waals surface area (Å²) >= 11 is 3.37. The van der Waals surface area contributed by atoms with Gasteiger partial charge < -0.3 is 10.2 Å². The van der Waals surface area contributed by atoms with Gasteiger partial charge >= 0.3 is 0 Å². The summed E-state index contributed by atoms with van der Waals surface area (Å²) in [7, 11) is -4.21. The molecule has 4 aromatic rings. The number of likely N-dealkylation sites (N-methyl/N-ethyl adjacent to an activating group) is 1. The molecular weight excluding hydrogens is 633 g/mol. The quantitative estimate of drug-likeness (QED) is 0.205. The van der Waals surface area contributed by atoms with Gasteiger partial charge in [0.1, 0.15) is 18.4 Å². The number of carbonyl (C=O) groups excluding carboxylic acids is 2. The van der Waals surface area contributed by atoms with Gasteiger partial charge in [0.15, 0.2) is 0 Å². The minimum atomic E-state index is -4.21. The molecule has 0 bridgehead atoms. The molecule has 7 nitrogen and oxygen atoms in total. The molecule has 0 spiro atoms. The molecule has 0 saturated heterocycles. The third kappa shape index (κ3) is 8.09. The molecule has 0 radical (unpaired) electrons. The van der Waals surface area contributed by atoms with Crippen LogP contribution in [0.5, 0.6) is 0 Å². The molecular formula is C33H33BrFN3O4S. The number of nitrogens with zero attached hydrogens (tertiary/aromatic N) is 2. The monoisotopic (exact) mass is 665 g/mol. The lowest BCUT2D eigenvalue weighted by Crippen LogP contribution is -2.53. The predicted octanol–water partition coefficient (Wildman–Crippen LogP) is 5.87. The van der Waals surface area contributed by atoms with Crippen molar-refractivity contribution < 1.29 is 22.4 Å². The fourth-order valence-corrected chi connectivity index (χ4v) is 6.31. The summed E-state index contributed by atoms with van der Waals surface area (Å²) in [5.41, 5.74) is 2.14. The molecule has 0 fully saturated rings. The van der Waals surface area contributed by atoms with Crippen molar-refractivity contribution in [3.8, 4) is 0 Å². The van der Waals surface area contributed by atoms with Crippen LogP contribution in [0.4, 0.5) is 10.1 Å². The van der Waals surface area contributed by atoms with Crippen molar-refractivity contribution in [1.82, 2.24) is 10.2 Å². The molecule has 4 aromatic carbocycles. The number of hydrogen-bond acceptors (Lipinski definition) is 4. The number of anilines is 1. The van der Waals surface area contributed by atoms with Crippen molar-refractivity contribution in [3.63, 3.8) is 0 Å². The van der Waals surface area contributed by atoms with Gasteiger partial charge in [-0.15, -0.1) is 0 Å². The number of rotatable bonds is 12. The SMILES string of the molecule is CCNC(=O)C(Cc1ccccc1)N(Cc1ccccc1F)C(=O)CN(c1ccc(Br)cc1)S(=O)(=O)c1ccc(C)cc1. The lowest BCUT2D eigenvalue weighted by Gasteiger charge is -2.34. The van der Waals surface area contributed by atoms with Crippen LogP contribution in [0.25, 0.3) is 0 Å². The zero-order chi connectivity index (χ0) is 31.0. The van der Waals surface area contributed by atoms with Crippen molar-refractivity contribution in [2.45, 2.75) is 37.8 Å². The van der Waals surface area contributed by atoms with E-state index in [9.17, 15) is 22.4 Å². The van der Waals surface area contributed by atoms with Gasteiger partial charge in [-0.1, -0.05) is 82.2 Å². The Labute approximate surface area is 260 Å². The minimum Gasteiger partial charge on any atom is -0.355 e. The number of nitrogens with one attached hydrogen (secondary N) is 1. The zero-order valence-electron chi connectivity index (χ0n) is 23.9. The summed E-state index contributed by atoms with van der Waals surface area (Å²) in [6.07, 6.45) is 0.149. The van der Waals surface area contributed by atoms with E-state index in [1.807, 2.05) is 37.3 Å². The number of hydrogen-bond donors (Lipinski definition) is 1. The van der Waals surface area contributed by atoms with Crippen molar-refractivity contribution in [3.05, 3.63) is 130 Å². The van der Waals surface area contributed by atoms with Crippen molar-refractivity contribution in [2.75, 3.05) is 17.4 Å². The summed E-state index contributed by atoms with van der Waals surface area (Å²) in [5, 5.41) is 2.79. The number of aryl methyl sites for hydroxylation is 1. The van der Waals surface area contributed by atoms with Crippen LogP contribution in [-0.4, -0.2) is 44.3 Å². The van der Waals surface area contributed by atoms with Gasteiger partial charge in [-0.05, 0) is 61.9 Å². The molecule has 10 heteroatoms. The second-order valence-corrected chi connectivity index (χ2v) is 12.8. The average Bonchev–Trinajstić information content (AvgIpc) is 3.00. The highest BCUT2D eigenvalue weighted by Gasteiger charge is 2.34. The summed E-state index contributed by atoms with van der Waals surface area (Å²) in [6.45, 7) is 3.08. The van der Waals surface area contributed by atoms with Gasteiger partial charge in [0, 0.05) is 29.5 Å². The predicted molar refractivity (Wildman–Crippen MR) is 169 cm³/mol. The molecule has 43 heavy (non-hydrogen) atoms. The third-order valence-corrected chi connectivity index (χ3v) is 9.24. The lowest BCUT2D eigenvalue weighted by molar-refractivity contribution is -0.140. The Bertz CT molecular complexity index is 1650. The molecule has 0 heterocycles. The normalized spacial score (nSPS) is 11.9. The summed E-state index contributed by atoms with van der Waals surface area (Å²) in [6, 6.07) is 27.1. The van der Waals surface area contributed by atoms with E-state index in [1.54, 1.807) is 61.5 Å². The van der Waals surface area contributed by atoms with E-state index in [0.29, 0.717) is 6.54 Å². The first-order chi connectivity index (χ1) is 20.6. The van der Waals surface area contributed by atoms with E-state index in [4.69, 9.17) is 0 Å². The van der Waals surface area contributed by atoms with Crippen molar-refractivity contribution in [1.29, 1.82) is 0 Å². The van der Waals surface area contributed by atoms with Crippen LogP contribution in [-0.2, 0) is 32.6 Å². The van der Waals surface area contributed by atoms with Crippen LogP contribution in [0.2, 0.25) is 0 Å². The number of halogens is 2. The van der Waals surface area contributed by atoms with Gasteiger partial charge in [-0.3, -0.25) is 13.9 Å². The molecule has 1 N–H and O–H groups in total. The lowest BCUT2D eigenvalue weighted by atomic mass is 10.0. The number of amides is 2. The first-order valence-electron chi connectivity index (χ1n) is 13.8. The Balaban J connectivity index is 1.80. The number of benzene rings is 4. The second-order valence-electron chi connectivity index (χ2n) is 10.0. The van der Waals surface area contributed by atoms with Crippen LogP contribution in [0.15, 0.2) is 112 Å². The fourth-order valence-electron chi connectivity index (χ4n) is 4.63. The smallest absolute Gasteiger partial charge is 0.264 e. The molecule has 224 valence electrons. The minimum absolute atomic E-state index is 0.0130. The maximum atomic E-state index is 14.9. The summed E-state index contributed by atoms with van der Waals surface area (Å²) < 4.78 is 44.7. The largest absolute Gasteiger partial charge is 0.355 e. The number of carbonyl (C=O) groups is 2. The average molecular weight is 667 g/mol. The Hall–Kier alpha value is -4.02. The van der Waals surface area contributed by atoms with E-state index in [-0.39, 0.29) is 29.1 Å². The summed E-state index contributed by atoms with van der Waals surface area (Å²) in [5.74, 6) is -1.62. The topological polar surface area (TPSA) is 86.8 Å². The first-order valence-corrected chi connectivity index (χ1v) is 16.0. The van der Waals surface area contributed by atoms with Gasteiger partial charge in [0.05, 0.1) is 10.6 Å². The van der Waals surface area contributed by atoms with Crippen LogP contribution in [0.1, 0.15) is 23.6 Å². The Morgan fingerprint density at radius 3 is 2.14 bits per heavy atom. The van der Waals surface area contributed by atoms with Gasteiger partial charge in [-0.2, -0.15) is 0 Å². The van der Waals surface area contributed by atoms with Crippen molar-refractivity contribution >= 4 is 43.5 Å². The van der Waals surface area contributed by atoms with Crippen LogP contribution < -0.4 is 9.62 Å². The van der Waals surface area contributed by atoms with E-state index in [1.165, 1.54) is 23.1 Å². The Morgan fingerprint density at radius 1 is 0.884 bits per heavy atom. The molecule has 1 unspecified atom stereocenters. The highest BCUT2D eigenvalue weighted by Crippen LogP contribution is 2.27. The molecule has 1 atom stereocenters. The third-order valence-electron chi connectivity index (χ3n) is 6.92. The maximum absolute atomic E-state index is 14.9. The zero-order valence-corrected chi connectivity index (χ0v) is 26.3. The van der Waals surface area contributed by atoms with Crippen LogP contribution in [0.3, 0.4) is 0 Å². The van der Waals surface area contributed by atoms with E-state index in [2.05, 4.69) is 21.2 Å². The number of sulfonamides is 1.